The van der Waals surface area contributed by atoms with Crippen LogP contribution in [0.4, 0.5) is 0 Å². The van der Waals surface area contributed by atoms with Crippen LogP contribution in [0, 0.1) is 5.92 Å². The minimum absolute atomic E-state index is 0.404. The van der Waals surface area contributed by atoms with E-state index in [0.717, 1.165) is 26.1 Å². The first-order valence-electron chi connectivity index (χ1n) is 6.17. The molecule has 1 N–H and O–H groups in total. The lowest BCUT2D eigenvalue weighted by Crippen LogP contribution is -2.26. The molecule has 2 unspecified atom stereocenters. The average Bonchev–Trinajstić information content (AvgIpc) is 2.90. The third-order valence-corrected chi connectivity index (χ3v) is 3.88. The molecule has 3 nitrogen and oxygen atoms in total. The summed E-state index contributed by atoms with van der Waals surface area (Å²) in [4.78, 5) is 4.02. The molecule has 1 fully saturated rings. The highest BCUT2D eigenvalue weighted by molar-refractivity contribution is 6.20. The molecule has 0 bridgehead atoms. The van der Waals surface area contributed by atoms with Crippen molar-refractivity contribution in [3.8, 4) is 0 Å². The van der Waals surface area contributed by atoms with Crippen molar-refractivity contribution in [2.45, 2.75) is 37.6 Å². The highest BCUT2D eigenvalue weighted by Crippen LogP contribution is 2.29. The number of imidazole rings is 1. The fourth-order valence-corrected chi connectivity index (χ4v) is 2.68. The van der Waals surface area contributed by atoms with E-state index in [9.17, 15) is 0 Å². The molecule has 0 saturated heterocycles. The van der Waals surface area contributed by atoms with Gasteiger partial charge in [0.1, 0.15) is 0 Å². The van der Waals surface area contributed by atoms with E-state index in [1.54, 1.807) is 0 Å². The van der Waals surface area contributed by atoms with Crippen molar-refractivity contribution >= 4 is 11.6 Å². The number of nitrogens with one attached hydrogen (secondary N) is 1. The molecule has 0 spiro atoms. The number of hydrogen-bond acceptors (Lipinski definition) is 2. The van der Waals surface area contributed by atoms with E-state index in [-0.39, 0.29) is 0 Å². The van der Waals surface area contributed by atoms with E-state index >= 15 is 0 Å². The molecular weight excluding hydrogens is 222 g/mol. The van der Waals surface area contributed by atoms with Gasteiger partial charge in [0.05, 0.1) is 6.33 Å². The predicted octanol–water partition coefficient (Wildman–Crippen LogP) is 2.27. The van der Waals surface area contributed by atoms with Gasteiger partial charge in [-0.25, -0.2) is 4.98 Å². The molecule has 2 atom stereocenters. The molecule has 0 aromatic carbocycles. The first-order valence-corrected chi connectivity index (χ1v) is 6.60. The summed E-state index contributed by atoms with van der Waals surface area (Å²) in [5, 5.41) is 3.91. The van der Waals surface area contributed by atoms with Gasteiger partial charge in [0.2, 0.25) is 0 Å². The van der Waals surface area contributed by atoms with Crippen molar-refractivity contribution < 1.29 is 0 Å². The summed E-state index contributed by atoms with van der Waals surface area (Å²) in [6, 6.07) is 0. The maximum Gasteiger partial charge on any atom is 0.0945 e. The van der Waals surface area contributed by atoms with E-state index in [2.05, 4.69) is 14.9 Å². The number of aromatic nitrogens is 2. The molecule has 0 amide bonds. The van der Waals surface area contributed by atoms with E-state index in [1.165, 1.54) is 19.3 Å². The average molecular weight is 242 g/mol. The normalized spacial score (nSPS) is 25.1. The summed E-state index contributed by atoms with van der Waals surface area (Å²) in [6.45, 7) is 3.19. The minimum atomic E-state index is 0.404. The lowest BCUT2D eigenvalue weighted by atomic mass is 10.1. The zero-order valence-electron chi connectivity index (χ0n) is 9.61. The highest BCUT2D eigenvalue weighted by atomic mass is 35.5. The Bertz CT molecular complexity index is 286. The van der Waals surface area contributed by atoms with Gasteiger partial charge in [-0.05, 0) is 38.3 Å². The van der Waals surface area contributed by atoms with Gasteiger partial charge in [0.25, 0.3) is 0 Å². The molecule has 2 rings (SSSR count). The molecule has 0 radical (unpaired) electrons. The van der Waals surface area contributed by atoms with Crippen molar-refractivity contribution in [2.75, 3.05) is 13.1 Å². The van der Waals surface area contributed by atoms with Gasteiger partial charge in [-0.2, -0.15) is 0 Å². The summed E-state index contributed by atoms with van der Waals surface area (Å²) in [6.07, 6.45) is 10.6. The van der Waals surface area contributed by atoms with Crippen LogP contribution in [0.3, 0.4) is 0 Å². The van der Waals surface area contributed by atoms with Gasteiger partial charge < -0.3 is 9.88 Å². The lowest BCUT2D eigenvalue weighted by molar-refractivity contribution is 0.480. The second kappa shape index (κ2) is 6.26. The van der Waals surface area contributed by atoms with Crippen LogP contribution in [0.5, 0.6) is 0 Å². The first-order chi connectivity index (χ1) is 7.86. The number of aryl methyl sites for hydroxylation is 1. The number of alkyl halides is 1. The van der Waals surface area contributed by atoms with Crippen molar-refractivity contribution in [1.82, 2.24) is 14.9 Å². The van der Waals surface area contributed by atoms with E-state index in [0.29, 0.717) is 11.3 Å². The summed E-state index contributed by atoms with van der Waals surface area (Å²) in [5.74, 6) is 0.690. The second-order valence-corrected chi connectivity index (χ2v) is 5.13. The van der Waals surface area contributed by atoms with Gasteiger partial charge >= 0.3 is 0 Å². The van der Waals surface area contributed by atoms with Crippen LogP contribution >= 0.6 is 11.6 Å². The molecule has 0 aliphatic heterocycles. The number of halogens is 1. The third kappa shape index (κ3) is 3.49. The van der Waals surface area contributed by atoms with Crippen LogP contribution in [0.1, 0.15) is 25.7 Å². The quantitative estimate of drug-likeness (QED) is 0.612. The summed E-state index contributed by atoms with van der Waals surface area (Å²) in [5.41, 5.74) is 0. The first kappa shape index (κ1) is 11.9. The van der Waals surface area contributed by atoms with Crippen molar-refractivity contribution in [3.05, 3.63) is 18.7 Å². The molecule has 90 valence electrons. The van der Waals surface area contributed by atoms with Crippen LogP contribution < -0.4 is 5.32 Å². The van der Waals surface area contributed by atoms with E-state index < -0.39 is 0 Å². The molecule has 16 heavy (non-hydrogen) atoms. The van der Waals surface area contributed by atoms with Crippen LogP contribution in [0.25, 0.3) is 0 Å². The Hall–Kier alpha value is -0.540. The molecule has 1 aromatic heterocycles. The van der Waals surface area contributed by atoms with Gasteiger partial charge in [-0.1, -0.05) is 6.42 Å². The van der Waals surface area contributed by atoms with Crippen molar-refractivity contribution in [2.24, 2.45) is 5.92 Å². The molecule has 1 aromatic rings. The zero-order chi connectivity index (χ0) is 11.2. The Balaban J connectivity index is 1.52. The van der Waals surface area contributed by atoms with Crippen LogP contribution in [-0.4, -0.2) is 28.0 Å². The maximum absolute atomic E-state index is 6.22. The molecule has 1 heterocycles. The van der Waals surface area contributed by atoms with Gasteiger partial charge in [0, 0.05) is 24.3 Å². The monoisotopic (exact) mass is 241 g/mol. The fourth-order valence-electron chi connectivity index (χ4n) is 2.31. The highest BCUT2D eigenvalue weighted by Gasteiger charge is 2.24. The molecule has 1 saturated carbocycles. The van der Waals surface area contributed by atoms with Crippen LogP contribution in [0.15, 0.2) is 18.7 Å². The van der Waals surface area contributed by atoms with Crippen molar-refractivity contribution in [1.29, 1.82) is 0 Å². The van der Waals surface area contributed by atoms with E-state index in [1.807, 2.05) is 18.7 Å². The summed E-state index contributed by atoms with van der Waals surface area (Å²) >= 11 is 6.22. The molecular formula is C12H20ClN3. The molecule has 4 heteroatoms. The van der Waals surface area contributed by atoms with Crippen LogP contribution in [0.2, 0.25) is 0 Å². The maximum atomic E-state index is 6.22. The number of nitrogens with zero attached hydrogens (tertiary/aromatic N) is 2. The molecule has 1 aliphatic rings. The second-order valence-electron chi connectivity index (χ2n) is 4.57. The SMILES string of the molecule is ClC1CCCC1CNCCCn1ccnc1. The Labute approximate surface area is 102 Å². The minimum Gasteiger partial charge on any atom is -0.337 e. The lowest BCUT2D eigenvalue weighted by Gasteiger charge is -2.14. The summed E-state index contributed by atoms with van der Waals surface area (Å²) in [7, 11) is 0. The molecule has 1 aliphatic carbocycles. The standard InChI is InChI=1S/C12H20ClN3/c13-12-4-1-3-11(12)9-14-5-2-7-16-8-6-15-10-16/h6,8,10-12,14H,1-5,7,9H2. The Morgan fingerprint density at radius 1 is 1.44 bits per heavy atom. The van der Waals surface area contributed by atoms with Crippen LogP contribution in [-0.2, 0) is 6.54 Å². The third-order valence-electron chi connectivity index (χ3n) is 3.30. The fraction of sp³-hybridized carbons (Fsp3) is 0.750. The zero-order valence-corrected chi connectivity index (χ0v) is 10.4. The Kier molecular flexibility index (Phi) is 4.67. The number of rotatable bonds is 6. The van der Waals surface area contributed by atoms with Gasteiger partial charge in [-0.3, -0.25) is 0 Å². The van der Waals surface area contributed by atoms with E-state index in [4.69, 9.17) is 11.6 Å². The van der Waals surface area contributed by atoms with Gasteiger partial charge in [0.15, 0.2) is 0 Å². The Morgan fingerprint density at radius 3 is 3.06 bits per heavy atom. The topological polar surface area (TPSA) is 29.9 Å². The largest absolute Gasteiger partial charge is 0.337 e. The van der Waals surface area contributed by atoms with Crippen molar-refractivity contribution in [3.63, 3.8) is 0 Å². The number of hydrogen-bond donors (Lipinski definition) is 1. The summed E-state index contributed by atoms with van der Waals surface area (Å²) < 4.78 is 2.11. The Morgan fingerprint density at radius 2 is 2.38 bits per heavy atom. The van der Waals surface area contributed by atoms with Gasteiger partial charge in [-0.15, -0.1) is 11.6 Å². The predicted molar refractivity (Wildman–Crippen MR) is 66.7 cm³/mol. The smallest absolute Gasteiger partial charge is 0.0945 e.